The zero-order chi connectivity index (χ0) is 19.8. The van der Waals surface area contributed by atoms with Crippen LogP contribution in [0.1, 0.15) is 5.56 Å². The predicted molar refractivity (Wildman–Crippen MR) is 101 cm³/mol. The van der Waals surface area contributed by atoms with E-state index in [-0.39, 0.29) is 22.3 Å². The van der Waals surface area contributed by atoms with E-state index in [4.69, 9.17) is 9.15 Å². The van der Waals surface area contributed by atoms with Gasteiger partial charge in [0.2, 0.25) is 11.2 Å². The monoisotopic (exact) mass is 385 g/mol. The summed E-state index contributed by atoms with van der Waals surface area (Å²) in [7, 11) is 0. The number of morpholine rings is 1. The van der Waals surface area contributed by atoms with E-state index in [0.29, 0.717) is 19.8 Å². The molecule has 1 aliphatic rings. The molecule has 0 amide bonds. The summed E-state index contributed by atoms with van der Waals surface area (Å²) in [6.07, 6.45) is 0. The van der Waals surface area contributed by atoms with Crippen molar-refractivity contribution in [1.29, 1.82) is 0 Å². The topological polar surface area (TPSA) is 124 Å². The minimum Gasteiger partial charge on any atom is -0.507 e. The first-order valence-electron chi connectivity index (χ1n) is 8.78. The third-order valence-electron chi connectivity index (χ3n) is 4.78. The molecular formula is C20H19NO7. The smallest absolute Gasteiger partial charge is 0.235 e. The number of phenolic OH excluding ortho intramolecular Hbond substituents is 3. The summed E-state index contributed by atoms with van der Waals surface area (Å²) in [5, 5.41) is 39.7. The van der Waals surface area contributed by atoms with E-state index < -0.39 is 28.4 Å². The van der Waals surface area contributed by atoms with Crippen molar-refractivity contribution in [3.05, 3.63) is 46.1 Å². The van der Waals surface area contributed by atoms with Crippen LogP contribution in [0.2, 0.25) is 0 Å². The molecule has 0 spiro atoms. The van der Waals surface area contributed by atoms with Crippen molar-refractivity contribution < 1.29 is 29.6 Å². The minimum atomic E-state index is -0.686. The Kier molecular flexibility index (Phi) is 4.58. The highest BCUT2D eigenvalue weighted by Gasteiger charge is 2.20. The van der Waals surface area contributed by atoms with Crippen LogP contribution in [-0.4, -0.2) is 51.6 Å². The molecule has 146 valence electrons. The van der Waals surface area contributed by atoms with Gasteiger partial charge in [0.25, 0.3) is 0 Å². The quantitative estimate of drug-likeness (QED) is 0.399. The number of phenols is 3. The zero-order valence-electron chi connectivity index (χ0n) is 14.9. The van der Waals surface area contributed by atoms with Gasteiger partial charge in [-0.15, -0.1) is 0 Å². The maximum Gasteiger partial charge on any atom is 0.235 e. The number of hydrogen-bond donors (Lipinski definition) is 4. The molecule has 28 heavy (non-hydrogen) atoms. The van der Waals surface area contributed by atoms with Crippen molar-refractivity contribution in [3.63, 3.8) is 0 Å². The van der Waals surface area contributed by atoms with Gasteiger partial charge in [-0.3, -0.25) is 9.69 Å². The van der Waals surface area contributed by atoms with Crippen LogP contribution in [0.25, 0.3) is 22.3 Å². The fraction of sp³-hybridized carbons (Fsp3) is 0.250. The lowest BCUT2D eigenvalue weighted by Gasteiger charge is -2.26. The predicted octanol–water partition coefficient (Wildman–Crippen LogP) is 2.11. The van der Waals surface area contributed by atoms with Crippen LogP contribution < -0.4 is 5.43 Å². The van der Waals surface area contributed by atoms with Crippen molar-refractivity contribution >= 4 is 11.0 Å². The van der Waals surface area contributed by atoms with Gasteiger partial charge in [-0.05, 0) is 23.8 Å². The number of nitrogens with zero attached hydrogens (tertiary/aromatic N) is 1. The van der Waals surface area contributed by atoms with E-state index in [1.807, 2.05) is 0 Å². The molecule has 1 saturated heterocycles. The standard InChI is InChI=1S/C20H19NO7/c22-14-9-16(24)15(23)8-13(14)20-19(26)18(25)12-2-1-11(7-17(12)28-20)10-21-3-5-27-6-4-21/h1-2,7-9,22-24,26H,3-6,10H2. The Balaban J connectivity index is 1.80. The minimum absolute atomic E-state index is 0.106. The van der Waals surface area contributed by atoms with Gasteiger partial charge in [-0.1, -0.05) is 6.07 Å². The Bertz CT molecular complexity index is 1100. The molecule has 0 bridgehead atoms. The van der Waals surface area contributed by atoms with E-state index in [0.717, 1.165) is 30.8 Å². The molecule has 8 heteroatoms. The molecule has 4 rings (SSSR count). The lowest BCUT2D eigenvalue weighted by atomic mass is 10.1. The molecule has 0 radical (unpaired) electrons. The number of fused-ring (bicyclic) bond motifs is 1. The molecule has 0 saturated carbocycles. The van der Waals surface area contributed by atoms with Gasteiger partial charge in [-0.2, -0.15) is 0 Å². The van der Waals surface area contributed by atoms with Crippen LogP contribution >= 0.6 is 0 Å². The third-order valence-corrected chi connectivity index (χ3v) is 4.78. The van der Waals surface area contributed by atoms with Gasteiger partial charge >= 0.3 is 0 Å². The van der Waals surface area contributed by atoms with Crippen molar-refractivity contribution in [1.82, 2.24) is 4.90 Å². The molecule has 0 atom stereocenters. The van der Waals surface area contributed by atoms with Crippen molar-refractivity contribution in [3.8, 4) is 34.3 Å². The summed E-state index contributed by atoms with van der Waals surface area (Å²) < 4.78 is 11.1. The van der Waals surface area contributed by atoms with Crippen LogP contribution in [0, 0.1) is 0 Å². The molecule has 8 nitrogen and oxygen atoms in total. The Morgan fingerprint density at radius 2 is 1.64 bits per heavy atom. The molecule has 0 aliphatic carbocycles. The fourth-order valence-electron chi connectivity index (χ4n) is 3.27. The number of ether oxygens (including phenoxy) is 1. The SMILES string of the molecule is O=c1c(O)c(-c2cc(O)c(O)cc2O)oc2cc(CN3CCOCC3)ccc12. The normalized spacial score (nSPS) is 15.1. The maximum atomic E-state index is 12.6. The lowest BCUT2D eigenvalue weighted by Crippen LogP contribution is -2.35. The van der Waals surface area contributed by atoms with E-state index in [1.54, 1.807) is 18.2 Å². The van der Waals surface area contributed by atoms with Crippen LogP contribution in [-0.2, 0) is 11.3 Å². The molecule has 3 aromatic rings. The highest BCUT2D eigenvalue weighted by Crippen LogP contribution is 2.41. The largest absolute Gasteiger partial charge is 0.507 e. The number of benzene rings is 2. The highest BCUT2D eigenvalue weighted by atomic mass is 16.5. The molecule has 2 heterocycles. The van der Waals surface area contributed by atoms with Gasteiger partial charge in [0.05, 0.1) is 24.2 Å². The number of rotatable bonds is 3. The van der Waals surface area contributed by atoms with E-state index in [2.05, 4.69) is 4.90 Å². The molecule has 2 aromatic carbocycles. The average molecular weight is 385 g/mol. The fourth-order valence-corrected chi connectivity index (χ4v) is 3.27. The van der Waals surface area contributed by atoms with Crippen molar-refractivity contribution in [2.24, 2.45) is 0 Å². The van der Waals surface area contributed by atoms with Gasteiger partial charge in [0, 0.05) is 25.7 Å². The first-order valence-corrected chi connectivity index (χ1v) is 8.78. The Morgan fingerprint density at radius 1 is 0.929 bits per heavy atom. The molecule has 1 aromatic heterocycles. The molecule has 4 N–H and O–H groups in total. The summed E-state index contributed by atoms with van der Waals surface area (Å²) in [4.78, 5) is 14.8. The summed E-state index contributed by atoms with van der Waals surface area (Å²) in [5.74, 6) is -2.46. The first kappa shape index (κ1) is 18.1. The Hall–Kier alpha value is -3.23. The van der Waals surface area contributed by atoms with Gasteiger partial charge < -0.3 is 29.6 Å². The second-order valence-electron chi connectivity index (χ2n) is 6.69. The Morgan fingerprint density at radius 3 is 2.39 bits per heavy atom. The van der Waals surface area contributed by atoms with Crippen LogP contribution in [0.5, 0.6) is 23.0 Å². The average Bonchev–Trinajstić information content (AvgIpc) is 2.68. The summed E-state index contributed by atoms with van der Waals surface area (Å²) in [5.41, 5.74) is 0.411. The van der Waals surface area contributed by atoms with E-state index >= 15 is 0 Å². The molecule has 1 aliphatic heterocycles. The van der Waals surface area contributed by atoms with Crippen LogP contribution in [0.15, 0.2) is 39.5 Å². The van der Waals surface area contributed by atoms with E-state index in [1.165, 1.54) is 0 Å². The second-order valence-corrected chi connectivity index (χ2v) is 6.69. The van der Waals surface area contributed by atoms with Gasteiger partial charge in [-0.25, -0.2) is 0 Å². The molecule has 1 fully saturated rings. The summed E-state index contributed by atoms with van der Waals surface area (Å²) >= 11 is 0. The second kappa shape index (κ2) is 7.06. The molecule has 0 unspecified atom stereocenters. The lowest BCUT2D eigenvalue weighted by molar-refractivity contribution is 0.0342. The van der Waals surface area contributed by atoms with Gasteiger partial charge in [0.15, 0.2) is 17.3 Å². The zero-order valence-corrected chi connectivity index (χ0v) is 14.9. The van der Waals surface area contributed by atoms with Crippen molar-refractivity contribution in [2.45, 2.75) is 6.54 Å². The van der Waals surface area contributed by atoms with Crippen LogP contribution in [0.4, 0.5) is 0 Å². The third kappa shape index (κ3) is 3.23. The Labute approximate surface area is 159 Å². The summed E-state index contributed by atoms with van der Waals surface area (Å²) in [6.45, 7) is 3.62. The number of hydrogen-bond acceptors (Lipinski definition) is 8. The van der Waals surface area contributed by atoms with Crippen molar-refractivity contribution in [2.75, 3.05) is 26.3 Å². The summed E-state index contributed by atoms with van der Waals surface area (Å²) in [6, 6.07) is 7.04. The van der Waals surface area contributed by atoms with Gasteiger partial charge in [0.1, 0.15) is 11.3 Å². The molecular weight excluding hydrogens is 366 g/mol. The number of aromatic hydroxyl groups is 4. The first-order chi connectivity index (χ1) is 13.4. The highest BCUT2D eigenvalue weighted by molar-refractivity contribution is 5.84. The maximum absolute atomic E-state index is 12.6. The van der Waals surface area contributed by atoms with Crippen LogP contribution in [0.3, 0.4) is 0 Å². The van der Waals surface area contributed by atoms with E-state index in [9.17, 15) is 25.2 Å².